The molecule has 0 saturated heterocycles. The number of rotatable bonds is 4. The molecule has 0 atom stereocenters. The van der Waals surface area contributed by atoms with Gasteiger partial charge in [0.05, 0.1) is 18.5 Å². The van der Waals surface area contributed by atoms with Crippen LogP contribution in [0.15, 0.2) is 24.3 Å². The van der Waals surface area contributed by atoms with Gasteiger partial charge in [-0.25, -0.2) is 9.67 Å². The van der Waals surface area contributed by atoms with Crippen molar-refractivity contribution in [1.29, 1.82) is 0 Å². The second-order valence-electron chi connectivity index (χ2n) is 6.05. The van der Waals surface area contributed by atoms with E-state index in [1.54, 1.807) is 0 Å². The largest absolute Gasteiger partial charge is 0.469 e. The Morgan fingerprint density at radius 1 is 1.16 bits per heavy atom. The lowest BCUT2D eigenvalue weighted by Gasteiger charge is -2.11. The second kappa shape index (κ2) is 6.84. The highest BCUT2D eigenvalue weighted by atomic mass is 35.5. The number of aromatic nitrogens is 3. The number of fused-ring (bicyclic) bond motifs is 1. The second-order valence-corrected chi connectivity index (χ2v) is 6.49. The van der Waals surface area contributed by atoms with Crippen LogP contribution in [0, 0.1) is 20.8 Å². The zero-order valence-corrected chi connectivity index (χ0v) is 15.5. The lowest BCUT2D eigenvalue weighted by molar-refractivity contribution is -0.140. The molecule has 25 heavy (non-hydrogen) atoms. The fraction of sp³-hybridized carbons (Fsp3) is 0.316. The molecule has 1 aromatic carbocycles. The van der Waals surface area contributed by atoms with Crippen molar-refractivity contribution >= 4 is 28.6 Å². The topological polar surface area (TPSA) is 57.0 Å². The first-order valence-electron chi connectivity index (χ1n) is 8.10. The molecule has 5 nitrogen and oxygen atoms in total. The molecule has 130 valence electrons. The summed E-state index contributed by atoms with van der Waals surface area (Å²) in [6, 6.07) is 7.52. The smallest absolute Gasteiger partial charge is 0.305 e. The normalized spacial score (nSPS) is 11.1. The standard InChI is InChI=1S/C19H20ClN3O2/c1-11-16(9-10-17(24)25-4)12(2)21-19-18(11)13(3)22-23(19)15-7-5-14(20)6-8-15/h5-8H,9-10H2,1-4H3. The Morgan fingerprint density at radius 2 is 1.84 bits per heavy atom. The Morgan fingerprint density at radius 3 is 2.48 bits per heavy atom. The molecule has 0 aliphatic rings. The van der Waals surface area contributed by atoms with E-state index in [1.807, 2.05) is 42.8 Å². The van der Waals surface area contributed by atoms with Gasteiger partial charge in [-0.2, -0.15) is 5.10 Å². The maximum absolute atomic E-state index is 11.5. The SMILES string of the molecule is COC(=O)CCc1c(C)nc2c(c(C)nn2-c2ccc(Cl)cc2)c1C. The predicted octanol–water partition coefficient (Wildman–Crippen LogP) is 4.10. The number of carbonyl (C=O) groups is 1. The number of aryl methyl sites for hydroxylation is 3. The number of esters is 1. The van der Waals surface area contributed by atoms with E-state index in [2.05, 4.69) is 12.0 Å². The van der Waals surface area contributed by atoms with E-state index in [9.17, 15) is 4.79 Å². The fourth-order valence-electron chi connectivity index (χ4n) is 3.17. The summed E-state index contributed by atoms with van der Waals surface area (Å²) in [6.07, 6.45) is 0.953. The molecular weight excluding hydrogens is 338 g/mol. The molecule has 0 unspecified atom stereocenters. The summed E-state index contributed by atoms with van der Waals surface area (Å²) in [6.45, 7) is 6.00. The molecule has 0 aliphatic heterocycles. The Hall–Kier alpha value is -2.40. The van der Waals surface area contributed by atoms with E-state index in [1.165, 1.54) is 7.11 Å². The van der Waals surface area contributed by atoms with E-state index < -0.39 is 0 Å². The molecule has 0 saturated carbocycles. The van der Waals surface area contributed by atoms with Crippen LogP contribution in [0.25, 0.3) is 16.7 Å². The van der Waals surface area contributed by atoms with Crippen LogP contribution in [-0.2, 0) is 16.0 Å². The Bertz CT molecular complexity index is 946. The number of benzene rings is 1. The average Bonchev–Trinajstić information content (AvgIpc) is 2.91. The van der Waals surface area contributed by atoms with Crippen LogP contribution in [0.1, 0.15) is 28.9 Å². The number of pyridine rings is 1. The monoisotopic (exact) mass is 357 g/mol. The minimum Gasteiger partial charge on any atom is -0.469 e. The summed E-state index contributed by atoms with van der Waals surface area (Å²) in [7, 11) is 1.41. The first-order valence-corrected chi connectivity index (χ1v) is 8.48. The summed E-state index contributed by atoms with van der Waals surface area (Å²) in [5, 5.41) is 6.37. The summed E-state index contributed by atoms with van der Waals surface area (Å²) >= 11 is 5.98. The van der Waals surface area contributed by atoms with E-state index in [-0.39, 0.29) is 5.97 Å². The molecule has 6 heteroatoms. The third-order valence-electron chi connectivity index (χ3n) is 4.45. The van der Waals surface area contributed by atoms with E-state index in [0.29, 0.717) is 17.9 Å². The van der Waals surface area contributed by atoms with E-state index in [0.717, 1.165) is 39.2 Å². The molecule has 0 fully saturated rings. The highest BCUT2D eigenvalue weighted by molar-refractivity contribution is 6.30. The number of methoxy groups -OCH3 is 1. The van der Waals surface area contributed by atoms with Gasteiger partial charge in [0.25, 0.3) is 0 Å². The van der Waals surface area contributed by atoms with Crippen molar-refractivity contribution in [3.05, 3.63) is 51.8 Å². The van der Waals surface area contributed by atoms with Crippen LogP contribution in [0.3, 0.4) is 0 Å². The number of halogens is 1. The van der Waals surface area contributed by atoms with Gasteiger partial charge in [-0.15, -0.1) is 0 Å². The van der Waals surface area contributed by atoms with Crippen LogP contribution in [-0.4, -0.2) is 27.8 Å². The third-order valence-corrected chi connectivity index (χ3v) is 4.70. The zero-order valence-electron chi connectivity index (χ0n) is 14.8. The summed E-state index contributed by atoms with van der Waals surface area (Å²) in [5.74, 6) is -0.215. The first kappa shape index (κ1) is 17.4. The summed E-state index contributed by atoms with van der Waals surface area (Å²) < 4.78 is 6.59. The van der Waals surface area contributed by atoms with Crippen molar-refractivity contribution in [3.8, 4) is 5.69 Å². The highest BCUT2D eigenvalue weighted by Gasteiger charge is 2.18. The van der Waals surface area contributed by atoms with Gasteiger partial charge in [-0.05, 0) is 62.6 Å². The highest BCUT2D eigenvalue weighted by Crippen LogP contribution is 2.28. The van der Waals surface area contributed by atoms with Crippen molar-refractivity contribution in [2.45, 2.75) is 33.6 Å². The molecule has 0 bridgehead atoms. The lowest BCUT2D eigenvalue weighted by Crippen LogP contribution is -2.06. The molecule has 2 aromatic heterocycles. The Labute approximate surface area is 151 Å². The lowest BCUT2D eigenvalue weighted by atomic mass is 9.99. The number of carbonyl (C=O) groups excluding carboxylic acids is 1. The maximum atomic E-state index is 11.5. The molecule has 0 spiro atoms. The van der Waals surface area contributed by atoms with Gasteiger partial charge in [0.1, 0.15) is 0 Å². The number of nitrogens with zero attached hydrogens (tertiary/aromatic N) is 3. The van der Waals surface area contributed by atoms with Crippen molar-refractivity contribution in [2.24, 2.45) is 0 Å². The third kappa shape index (κ3) is 3.24. The minimum atomic E-state index is -0.215. The number of hydrogen-bond donors (Lipinski definition) is 0. The van der Waals surface area contributed by atoms with Crippen LogP contribution >= 0.6 is 11.6 Å². The van der Waals surface area contributed by atoms with Crippen molar-refractivity contribution < 1.29 is 9.53 Å². The predicted molar refractivity (Wildman–Crippen MR) is 98.4 cm³/mol. The summed E-state index contributed by atoms with van der Waals surface area (Å²) in [4.78, 5) is 16.3. The van der Waals surface area contributed by atoms with Crippen molar-refractivity contribution in [1.82, 2.24) is 14.8 Å². The van der Waals surface area contributed by atoms with Gasteiger partial charge in [0.2, 0.25) is 0 Å². The first-order chi connectivity index (χ1) is 11.9. The van der Waals surface area contributed by atoms with Gasteiger partial charge < -0.3 is 4.74 Å². The fourth-order valence-corrected chi connectivity index (χ4v) is 3.29. The summed E-state index contributed by atoms with van der Waals surface area (Å²) in [5.41, 5.74) is 5.74. The van der Waals surface area contributed by atoms with Crippen LogP contribution in [0.2, 0.25) is 5.02 Å². The van der Waals surface area contributed by atoms with E-state index >= 15 is 0 Å². The molecular formula is C19H20ClN3O2. The van der Waals surface area contributed by atoms with E-state index in [4.69, 9.17) is 21.3 Å². The van der Waals surface area contributed by atoms with Crippen molar-refractivity contribution in [3.63, 3.8) is 0 Å². The number of hydrogen-bond acceptors (Lipinski definition) is 4. The van der Waals surface area contributed by atoms with Gasteiger partial charge >= 0.3 is 5.97 Å². The van der Waals surface area contributed by atoms with Gasteiger partial charge in [0.15, 0.2) is 5.65 Å². The molecule has 0 aliphatic carbocycles. The van der Waals surface area contributed by atoms with Gasteiger partial charge in [-0.3, -0.25) is 4.79 Å². The maximum Gasteiger partial charge on any atom is 0.305 e. The Balaban J connectivity index is 2.12. The molecule has 0 amide bonds. The quantitative estimate of drug-likeness (QED) is 0.659. The molecule has 0 N–H and O–H groups in total. The van der Waals surface area contributed by atoms with Gasteiger partial charge in [0, 0.05) is 22.5 Å². The van der Waals surface area contributed by atoms with Gasteiger partial charge in [-0.1, -0.05) is 11.6 Å². The average molecular weight is 358 g/mol. The molecule has 3 rings (SSSR count). The number of ether oxygens (including phenoxy) is 1. The molecule has 2 heterocycles. The zero-order chi connectivity index (χ0) is 18.1. The Kier molecular flexibility index (Phi) is 4.77. The van der Waals surface area contributed by atoms with Crippen molar-refractivity contribution in [2.75, 3.05) is 7.11 Å². The van der Waals surface area contributed by atoms with Crippen LogP contribution < -0.4 is 0 Å². The molecule has 0 radical (unpaired) electrons. The molecule has 3 aromatic rings. The van der Waals surface area contributed by atoms with Crippen LogP contribution in [0.4, 0.5) is 0 Å². The minimum absolute atomic E-state index is 0.215. The van der Waals surface area contributed by atoms with Crippen LogP contribution in [0.5, 0.6) is 0 Å².